The fraction of sp³-hybridized carbons (Fsp3) is 0.462. The van der Waals surface area contributed by atoms with Crippen LogP contribution in [0.25, 0.3) is 0 Å². The molecule has 0 aliphatic carbocycles. The Balaban J connectivity index is 2.31. The summed E-state index contributed by atoms with van der Waals surface area (Å²) in [5.74, 6) is -0.215. The third-order valence-corrected chi connectivity index (χ3v) is 3.24. The lowest BCUT2D eigenvalue weighted by atomic mass is 10.1. The molecule has 1 saturated heterocycles. The van der Waals surface area contributed by atoms with Crippen LogP contribution >= 0.6 is 0 Å². The first-order chi connectivity index (χ1) is 9.52. The lowest BCUT2D eigenvalue weighted by molar-refractivity contribution is -0.384. The van der Waals surface area contributed by atoms with Crippen molar-refractivity contribution >= 4 is 17.3 Å². The first-order valence-corrected chi connectivity index (χ1v) is 6.40. The minimum Gasteiger partial charge on any atom is -0.387 e. The van der Waals surface area contributed by atoms with Crippen LogP contribution in [0.15, 0.2) is 18.2 Å². The summed E-state index contributed by atoms with van der Waals surface area (Å²) in [4.78, 5) is 24.5. The molecule has 1 aliphatic heterocycles. The summed E-state index contributed by atoms with van der Waals surface area (Å²) < 4.78 is 5.39. The maximum absolute atomic E-state index is 12.5. The van der Waals surface area contributed by atoms with Crippen LogP contribution in [-0.2, 0) is 4.74 Å². The molecule has 1 heterocycles. The Labute approximate surface area is 116 Å². The molecule has 0 bridgehead atoms. The number of nitro groups is 1. The van der Waals surface area contributed by atoms with Gasteiger partial charge in [0.05, 0.1) is 23.2 Å². The summed E-state index contributed by atoms with van der Waals surface area (Å²) >= 11 is 0. The zero-order valence-corrected chi connectivity index (χ0v) is 11.5. The highest BCUT2D eigenvalue weighted by atomic mass is 16.6. The third kappa shape index (κ3) is 2.88. The lowest BCUT2D eigenvalue weighted by Crippen LogP contribution is -2.44. The van der Waals surface area contributed by atoms with E-state index < -0.39 is 4.92 Å². The van der Waals surface area contributed by atoms with Crippen molar-refractivity contribution in [2.75, 3.05) is 32.1 Å². The molecule has 2 rings (SSSR count). The summed E-state index contributed by atoms with van der Waals surface area (Å²) in [6.07, 6.45) is -0.0237. The van der Waals surface area contributed by atoms with Gasteiger partial charge in [0.1, 0.15) is 0 Å². The van der Waals surface area contributed by atoms with E-state index in [9.17, 15) is 14.9 Å². The van der Waals surface area contributed by atoms with E-state index in [1.54, 1.807) is 18.0 Å². The molecule has 1 aromatic rings. The summed E-state index contributed by atoms with van der Waals surface area (Å²) in [6, 6.07) is 4.24. The zero-order chi connectivity index (χ0) is 14.7. The molecule has 7 nitrogen and oxygen atoms in total. The van der Waals surface area contributed by atoms with Crippen molar-refractivity contribution in [1.82, 2.24) is 4.90 Å². The molecule has 0 unspecified atom stereocenters. The van der Waals surface area contributed by atoms with Crippen LogP contribution in [0.5, 0.6) is 0 Å². The number of rotatable bonds is 3. The average molecular weight is 279 g/mol. The molecule has 1 fully saturated rings. The van der Waals surface area contributed by atoms with Crippen molar-refractivity contribution < 1.29 is 14.5 Å². The normalized spacial score (nSPS) is 18.7. The van der Waals surface area contributed by atoms with E-state index in [1.165, 1.54) is 12.1 Å². The number of morpholine rings is 1. The van der Waals surface area contributed by atoms with Gasteiger partial charge in [-0.15, -0.1) is 0 Å². The van der Waals surface area contributed by atoms with E-state index in [4.69, 9.17) is 4.74 Å². The molecule has 1 aliphatic rings. The van der Waals surface area contributed by atoms with E-state index in [0.717, 1.165) is 0 Å². The highest BCUT2D eigenvalue weighted by Crippen LogP contribution is 2.24. The number of non-ortho nitro benzene ring substituents is 1. The van der Waals surface area contributed by atoms with Gasteiger partial charge in [-0.3, -0.25) is 14.9 Å². The van der Waals surface area contributed by atoms with Gasteiger partial charge in [0, 0.05) is 38.0 Å². The number of ether oxygens (including phenoxy) is 1. The maximum atomic E-state index is 12.5. The standard InChI is InChI=1S/C13H17N3O4/c1-9-8-15(5-6-20-9)13(17)11-7-10(16(18)19)3-4-12(11)14-2/h3-4,7,9,14H,5-6,8H2,1-2H3/t9-/m0/s1. The number of anilines is 1. The van der Waals surface area contributed by atoms with Crippen LogP contribution in [0, 0.1) is 10.1 Å². The molecule has 1 aromatic carbocycles. The third-order valence-electron chi connectivity index (χ3n) is 3.24. The van der Waals surface area contributed by atoms with Crippen molar-refractivity contribution in [2.24, 2.45) is 0 Å². The predicted octanol–water partition coefficient (Wildman–Crippen LogP) is 1.50. The number of carbonyl (C=O) groups is 1. The van der Waals surface area contributed by atoms with Crippen LogP contribution in [0.1, 0.15) is 17.3 Å². The second-order valence-electron chi connectivity index (χ2n) is 4.67. The summed E-state index contributed by atoms with van der Waals surface area (Å²) in [6.45, 7) is 3.36. The van der Waals surface area contributed by atoms with Crippen LogP contribution < -0.4 is 5.32 Å². The Bertz CT molecular complexity index is 532. The minimum atomic E-state index is -0.502. The highest BCUT2D eigenvalue weighted by molar-refractivity contribution is 6.00. The number of carbonyl (C=O) groups excluding carboxylic acids is 1. The first-order valence-electron chi connectivity index (χ1n) is 6.40. The Hall–Kier alpha value is -2.15. The molecule has 0 saturated carbocycles. The predicted molar refractivity (Wildman–Crippen MR) is 74.0 cm³/mol. The second kappa shape index (κ2) is 5.87. The molecular weight excluding hydrogens is 262 g/mol. The number of hydrogen-bond donors (Lipinski definition) is 1. The first kappa shape index (κ1) is 14.3. The molecular formula is C13H17N3O4. The van der Waals surface area contributed by atoms with Gasteiger partial charge in [0.25, 0.3) is 11.6 Å². The van der Waals surface area contributed by atoms with E-state index in [-0.39, 0.29) is 17.7 Å². The van der Waals surface area contributed by atoms with E-state index in [0.29, 0.717) is 30.9 Å². The van der Waals surface area contributed by atoms with Crippen molar-refractivity contribution in [3.63, 3.8) is 0 Å². The van der Waals surface area contributed by atoms with Gasteiger partial charge in [-0.1, -0.05) is 0 Å². The SMILES string of the molecule is CNc1ccc([N+](=O)[O-])cc1C(=O)N1CCO[C@@H](C)C1. The monoisotopic (exact) mass is 279 g/mol. The number of hydrogen-bond acceptors (Lipinski definition) is 5. The van der Waals surface area contributed by atoms with Gasteiger partial charge in [-0.2, -0.15) is 0 Å². The summed E-state index contributed by atoms with van der Waals surface area (Å²) in [7, 11) is 1.68. The van der Waals surface area contributed by atoms with Gasteiger partial charge in [-0.25, -0.2) is 0 Å². The molecule has 0 spiro atoms. The molecule has 1 atom stereocenters. The largest absolute Gasteiger partial charge is 0.387 e. The molecule has 108 valence electrons. The van der Waals surface area contributed by atoms with E-state index in [2.05, 4.69) is 5.32 Å². The quantitative estimate of drug-likeness (QED) is 0.669. The number of nitro benzene ring substituents is 1. The van der Waals surface area contributed by atoms with Gasteiger partial charge in [-0.05, 0) is 13.0 Å². The zero-order valence-electron chi connectivity index (χ0n) is 11.5. The smallest absolute Gasteiger partial charge is 0.270 e. The van der Waals surface area contributed by atoms with Crippen LogP contribution in [0.4, 0.5) is 11.4 Å². The number of amides is 1. The lowest BCUT2D eigenvalue weighted by Gasteiger charge is -2.31. The molecule has 0 aromatic heterocycles. The molecule has 0 radical (unpaired) electrons. The molecule has 20 heavy (non-hydrogen) atoms. The van der Waals surface area contributed by atoms with Crippen LogP contribution in [0.2, 0.25) is 0 Å². The fourth-order valence-electron chi connectivity index (χ4n) is 2.21. The van der Waals surface area contributed by atoms with Crippen LogP contribution in [-0.4, -0.2) is 48.6 Å². The van der Waals surface area contributed by atoms with E-state index >= 15 is 0 Å². The summed E-state index contributed by atoms with van der Waals surface area (Å²) in [5, 5.41) is 13.7. The van der Waals surface area contributed by atoms with Crippen molar-refractivity contribution in [1.29, 1.82) is 0 Å². The van der Waals surface area contributed by atoms with Crippen molar-refractivity contribution in [3.05, 3.63) is 33.9 Å². The highest BCUT2D eigenvalue weighted by Gasteiger charge is 2.25. The Kier molecular flexibility index (Phi) is 4.19. The topological polar surface area (TPSA) is 84.7 Å². The Morgan fingerprint density at radius 3 is 2.90 bits per heavy atom. The minimum absolute atomic E-state index is 0.0237. The van der Waals surface area contributed by atoms with Gasteiger partial charge >= 0.3 is 0 Å². The van der Waals surface area contributed by atoms with E-state index in [1.807, 2.05) is 6.92 Å². The van der Waals surface area contributed by atoms with Crippen molar-refractivity contribution in [2.45, 2.75) is 13.0 Å². The van der Waals surface area contributed by atoms with Crippen molar-refractivity contribution in [3.8, 4) is 0 Å². The number of nitrogens with zero attached hydrogens (tertiary/aromatic N) is 2. The molecule has 7 heteroatoms. The molecule has 1 N–H and O–H groups in total. The number of nitrogens with one attached hydrogen (secondary N) is 1. The van der Waals surface area contributed by atoms with Gasteiger partial charge in [0.2, 0.25) is 0 Å². The second-order valence-corrected chi connectivity index (χ2v) is 4.67. The van der Waals surface area contributed by atoms with Gasteiger partial charge in [0.15, 0.2) is 0 Å². The van der Waals surface area contributed by atoms with Crippen LogP contribution in [0.3, 0.4) is 0 Å². The average Bonchev–Trinajstić information content (AvgIpc) is 2.45. The molecule has 1 amide bonds. The Morgan fingerprint density at radius 2 is 2.30 bits per heavy atom. The maximum Gasteiger partial charge on any atom is 0.270 e. The fourth-order valence-corrected chi connectivity index (χ4v) is 2.21. The summed E-state index contributed by atoms with van der Waals surface area (Å²) in [5.41, 5.74) is 0.809. The number of benzene rings is 1. The Morgan fingerprint density at radius 1 is 1.55 bits per heavy atom. The van der Waals surface area contributed by atoms with Gasteiger partial charge < -0.3 is 15.0 Å².